The second kappa shape index (κ2) is 5.88. The maximum Gasteiger partial charge on any atom is 0.0534 e. The van der Waals surface area contributed by atoms with E-state index in [4.69, 9.17) is 5.73 Å². The van der Waals surface area contributed by atoms with Crippen molar-refractivity contribution in [3.05, 3.63) is 18.0 Å². The van der Waals surface area contributed by atoms with Crippen LogP contribution in [0.1, 0.15) is 25.8 Å². The van der Waals surface area contributed by atoms with Crippen molar-refractivity contribution in [3.63, 3.8) is 0 Å². The molecule has 0 amide bonds. The molecule has 1 aromatic rings. The Balaban J connectivity index is 2.50. The van der Waals surface area contributed by atoms with E-state index < -0.39 is 0 Å². The molecule has 15 heavy (non-hydrogen) atoms. The molecule has 4 nitrogen and oxygen atoms in total. The Kier molecular flexibility index (Phi) is 4.78. The third kappa shape index (κ3) is 4.01. The van der Waals surface area contributed by atoms with Crippen LogP contribution in [0.5, 0.6) is 0 Å². The monoisotopic (exact) mass is 210 g/mol. The summed E-state index contributed by atoms with van der Waals surface area (Å²) in [4.78, 5) is 2.42. The molecule has 0 saturated carbocycles. The molecule has 0 bridgehead atoms. The molecular weight excluding hydrogens is 188 g/mol. The van der Waals surface area contributed by atoms with Crippen LogP contribution < -0.4 is 5.73 Å². The predicted molar refractivity (Wildman–Crippen MR) is 62.4 cm³/mol. The van der Waals surface area contributed by atoms with Gasteiger partial charge in [-0.2, -0.15) is 5.10 Å². The van der Waals surface area contributed by atoms with Gasteiger partial charge in [0.15, 0.2) is 0 Å². The Labute approximate surface area is 92.1 Å². The first-order valence-corrected chi connectivity index (χ1v) is 5.55. The molecule has 1 aromatic heterocycles. The topological polar surface area (TPSA) is 47.1 Å². The minimum absolute atomic E-state index is 0.553. The van der Waals surface area contributed by atoms with Gasteiger partial charge in [0, 0.05) is 31.4 Å². The molecule has 0 aliphatic heterocycles. The fourth-order valence-electron chi connectivity index (χ4n) is 1.60. The van der Waals surface area contributed by atoms with E-state index in [1.165, 1.54) is 5.56 Å². The Morgan fingerprint density at radius 3 is 2.73 bits per heavy atom. The van der Waals surface area contributed by atoms with Gasteiger partial charge in [0.25, 0.3) is 0 Å². The molecule has 2 N–H and O–H groups in total. The van der Waals surface area contributed by atoms with Crippen LogP contribution in [-0.4, -0.2) is 33.8 Å². The highest BCUT2D eigenvalue weighted by Gasteiger charge is 2.10. The standard InChI is InChI=1S/C11H22N4/c1-10(2)15(6-4-5-12)9-11-7-13-14(3)8-11/h7-8,10H,4-6,9,12H2,1-3H3. The minimum atomic E-state index is 0.553. The van der Waals surface area contributed by atoms with Gasteiger partial charge >= 0.3 is 0 Å². The zero-order valence-electron chi connectivity index (χ0n) is 9.98. The molecule has 0 radical (unpaired) electrons. The van der Waals surface area contributed by atoms with Crippen LogP contribution in [0.3, 0.4) is 0 Å². The Hall–Kier alpha value is -0.870. The second-order valence-corrected chi connectivity index (χ2v) is 4.23. The predicted octanol–water partition coefficient (Wildman–Crippen LogP) is 0.979. The van der Waals surface area contributed by atoms with E-state index in [-0.39, 0.29) is 0 Å². The maximum absolute atomic E-state index is 5.53. The van der Waals surface area contributed by atoms with E-state index in [2.05, 4.69) is 30.0 Å². The van der Waals surface area contributed by atoms with Gasteiger partial charge in [-0.1, -0.05) is 0 Å². The molecule has 86 valence electrons. The van der Waals surface area contributed by atoms with E-state index in [1.54, 1.807) is 0 Å². The third-order valence-electron chi connectivity index (χ3n) is 2.52. The Bertz CT molecular complexity index is 280. The Morgan fingerprint density at radius 2 is 2.27 bits per heavy atom. The second-order valence-electron chi connectivity index (χ2n) is 4.23. The van der Waals surface area contributed by atoms with Gasteiger partial charge in [-0.05, 0) is 33.4 Å². The van der Waals surface area contributed by atoms with Gasteiger partial charge in [-0.15, -0.1) is 0 Å². The normalized spacial score (nSPS) is 11.6. The van der Waals surface area contributed by atoms with Crippen molar-refractivity contribution < 1.29 is 0 Å². The number of hydrogen-bond acceptors (Lipinski definition) is 3. The summed E-state index contributed by atoms with van der Waals surface area (Å²) in [5.74, 6) is 0. The van der Waals surface area contributed by atoms with Crippen molar-refractivity contribution in [3.8, 4) is 0 Å². The van der Waals surface area contributed by atoms with Crippen LogP contribution >= 0.6 is 0 Å². The summed E-state index contributed by atoms with van der Waals surface area (Å²) in [6.45, 7) is 7.21. The quantitative estimate of drug-likeness (QED) is 0.761. The third-order valence-corrected chi connectivity index (χ3v) is 2.52. The van der Waals surface area contributed by atoms with Gasteiger partial charge < -0.3 is 5.73 Å². The van der Waals surface area contributed by atoms with Crippen LogP contribution in [0.2, 0.25) is 0 Å². The van der Waals surface area contributed by atoms with E-state index in [0.29, 0.717) is 6.04 Å². The highest BCUT2D eigenvalue weighted by Crippen LogP contribution is 2.07. The van der Waals surface area contributed by atoms with Crippen molar-refractivity contribution in [2.24, 2.45) is 12.8 Å². The first-order chi connectivity index (χ1) is 7.13. The summed E-state index contributed by atoms with van der Waals surface area (Å²) in [5, 5.41) is 4.17. The highest BCUT2D eigenvalue weighted by molar-refractivity contribution is 5.03. The van der Waals surface area contributed by atoms with E-state index in [9.17, 15) is 0 Å². The summed E-state index contributed by atoms with van der Waals surface area (Å²) < 4.78 is 1.84. The molecule has 1 heterocycles. The molecule has 0 aliphatic rings. The fourth-order valence-corrected chi connectivity index (χ4v) is 1.60. The highest BCUT2D eigenvalue weighted by atomic mass is 15.2. The van der Waals surface area contributed by atoms with Crippen LogP contribution in [0.4, 0.5) is 0 Å². The molecule has 0 aromatic carbocycles. The van der Waals surface area contributed by atoms with Crippen molar-refractivity contribution in [1.82, 2.24) is 14.7 Å². The number of aryl methyl sites for hydroxylation is 1. The van der Waals surface area contributed by atoms with Crippen LogP contribution in [0.15, 0.2) is 12.4 Å². The van der Waals surface area contributed by atoms with Gasteiger partial charge in [-0.25, -0.2) is 0 Å². The molecule has 0 atom stereocenters. The van der Waals surface area contributed by atoms with Gasteiger partial charge in [0.1, 0.15) is 0 Å². The minimum Gasteiger partial charge on any atom is -0.330 e. The summed E-state index contributed by atoms with van der Waals surface area (Å²) in [7, 11) is 1.95. The molecular formula is C11H22N4. The molecule has 1 rings (SSSR count). The van der Waals surface area contributed by atoms with Gasteiger partial charge in [0.05, 0.1) is 6.20 Å². The van der Waals surface area contributed by atoms with Gasteiger partial charge in [-0.3, -0.25) is 9.58 Å². The van der Waals surface area contributed by atoms with Crippen LogP contribution in [0, 0.1) is 0 Å². The summed E-state index contributed by atoms with van der Waals surface area (Å²) >= 11 is 0. The first kappa shape index (κ1) is 12.2. The number of aromatic nitrogens is 2. The Morgan fingerprint density at radius 1 is 1.53 bits per heavy atom. The molecule has 4 heteroatoms. The average Bonchev–Trinajstić information content (AvgIpc) is 2.58. The van der Waals surface area contributed by atoms with Gasteiger partial charge in [0.2, 0.25) is 0 Å². The van der Waals surface area contributed by atoms with E-state index in [1.807, 2.05) is 17.9 Å². The lowest BCUT2D eigenvalue weighted by Gasteiger charge is -2.25. The van der Waals surface area contributed by atoms with Crippen LogP contribution in [-0.2, 0) is 13.6 Å². The maximum atomic E-state index is 5.53. The first-order valence-electron chi connectivity index (χ1n) is 5.55. The van der Waals surface area contributed by atoms with Crippen molar-refractivity contribution in [2.75, 3.05) is 13.1 Å². The van der Waals surface area contributed by atoms with Crippen molar-refractivity contribution in [2.45, 2.75) is 32.9 Å². The summed E-state index contributed by atoms with van der Waals surface area (Å²) in [6, 6.07) is 0.553. The van der Waals surface area contributed by atoms with E-state index >= 15 is 0 Å². The van der Waals surface area contributed by atoms with E-state index in [0.717, 1.165) is 26.1 Å². The number of nitrogens with two attached hydrogens (primary N) is 1. The number of hydrogen-bond donors (Lipinski definition) is 1. The SMILES string of the molecule is CC(C)N(CCCN)Cc1cnn(C)c1. The number of nitrogens with zero attached hydrogens (tertiary/aromatic N) is 3. The number of rotatable bonds is 6. The molecule has 0 spiro atoms. The smallest absolute Gasteiger partial charge is 0.0534 e. The summed E-state index contributed by atoms with van der Waals surface area (Å²) in [5.41, 5.74) is 6.80. The van der Waals surface area contributed by atoms with Crippen molar-refractivity contribution >= 4 is 0 Å². The fraction of sp³-hybridized carbons (Fsp3) is 0.727. The molecule has 0 aliphatic carbocycles. The lowest BCUT2D eigenvalue weighted by Crippen LogP contribution is -2.32. The summed E-state index contributed by atoms with van der Waals surface area (Å²) in [6.07, 6.45) is 5.05. The lowest BCUT2D eigenvalue weighted by atomic mass is 10.2. The zero-order chi connectivity index (χ0) is 11.3. The molecule has 0 saturated heterocycles. The van der Waals surface area contributed by atoms with Crippen molar-refractivity contribution in [1.29, 1.82) is 0 Å². The zero-order valence-corrected chi connectivity index (χ0v) is 9.98. The molecule has 0 fully saturated rings. The average molecular weight is 210 g/mol. The largest absolute Gasteiger partial charge is 0.330 e. The lowest BCUT2D eigenvalue weighted by molar-refractivity contribution is 0.211. The van der Waals surface area contributed by atoms with Crippen LogP contribution in [0.25, 0.3) is 0 Å². The molecule has 0 unspecified atom stereocenters.